The Morgan fingerprint density at radius 1 is 1.07 bits per heavy atom. The molecule has 0 bridgehead atoms. The van der Waals surface area contributed by atoms with Crippen molar-refractivity contribution >= 4 is 11.7 Å². The second kappa shape index (κ2) is 7.87. The maximum Gasteiger partial charge on any atom is 0.277 e. The van der Waals surface area contributed by atoms with Crippen molar-refractivity contribution in [1.82, 2.24) is 19.6 Å². The van der Waals surface area contributed by atoms with Gasteiger partial charge >= 0.3 is 0 Å². The molecule has 0 spiro atoms. The second-order valence-electron chi connectivity index (χ2n) is 6.98. The third-order valence-corrected chi connectivity index (χ3v) is 5.01. The molecule has 2 aromatic heterocycles. The van der Waals surface area contributed by atoms with Gasteiger partial charge in [0.15, 0.2) is 0 Å². The molecule has 2 aromatic carbocycles. The number of aromatic amines is 1. The molecule has 148 valence electrons. The van der Waals surface area contributed by atoms with E-state index in [0.717, 1.165) is 12.0 Å². The topological polar surface area (TPSA) is 75.1 Å². The maximum absolute atomic E-state index is 14.0. The van der Waals surface area contributed by atoms with Crippen LogP contribution < -0.4 is 10.9 Å². The van der Waals surface area contributed by atoms with Crippen LogP contribution in [0.2, 0.25) is 0 Å². The van der Waals surface area contributed by atoms with E-state index in [4.69, 9.17) is 0 Å². The molecule has 0 saturated carbocycles. The third kappa shape index (κ3) is 3.89. The number of nitrogens with zero attached hydrogens (tertiary/aromatic N) is 3. The molecular weight excluding hydrogens is 369 g/mol. The van der Waals surface area contributed by atoms with Gasteiger partial charge in [0.1, 0.15) is 5.82 Å². The lowest BCUT2D eigenvalue weighted by Crippen LogP contribution is -2.22. The summed E-state index contributed by atoms with van der Waals surface area (Å²) in [6.07, 6.45) is 1.18. The lowest BCUT2D eigenvalue weighted by atomic mass is 10.0. The third-order valence-electron chi connectivity index (χ3n) is 5.01. The van der Waals surface area contributed by atoms with E-state index in [1.54, 1.807) is 25.1 Å². The molecule has 0 aliphatic carbocycles. The van der Waals surface area contributed by atoms with E-state index in [-0.39, 0.29) is 23.6 Å². The minimum absolute atomic E-state index is 0.179. The summed E-state index contributed by atoms with van der Waals surface area (Å²) >= 11 is 0. The van der Waals surface area contributed by atoms with E-state index in [0.29, 0.717) is 29.3 Å². The standard InChI is InChI=1S/C22H22FN5O/c1-3-15-8-10-16(11-9-15)13-24-21-26-22-25-14(2)18(20(29)28(22)27-21)12-17-6-4-5-7-19(17)23/h4-11H,3,12-13H2,1-2H3,(H2,24,25,26,27). The van der Waals surface area contributed by atoms with Crippen LogP contribution in [0.3, 0.4) is 0 Å². The molecule has 0 saturated heterocycles. The van der Waals surface area contributed by atoms with Gasteiger partial charge in [-0.2, -0.15) is 9.50 Å². The number of nitrogens with one attached hydrogen (secondary N) is 2. The number of hydrogen-bond acceptors (Lipinski definition) is 4. The molecule has 29 heavy (non-hydrogen) atoms. The summed E-state index contributed by atoms with van der Waals surface area (Å²) in [6, 6.07) is 14.8. The van der Waals surface area contributed by atoms with E-state index in [1.807, 2.05) is 0 Å². The monoisotopic (exact) mass is 391 g/mol. The number of benzene rings is 2. The van der Waals surface area contributed by atoms with E-state index >= 15 is 0 Å². The Labute approximate surface area is 167 Å². The molecule has 0 atom stereocenters. The van der Waals surface area contributed by atoms with Gasteiger partial charge in [0.25, 0.3) is 11.3 Å². The van der Waals surface area contributed by atoms with Crippen LogP contribution in [0.5, 0.6) is 0 Å². The molecule has 0 aliphatic rings. The molecule has 0 unspecified atom stereocenters. The summed E-state index contributed by atoms with van der Waals surface area (Å²) in [5.74, 6) is 0.405. The fourth-order valence-electron chi connectivity index (χ4n) is 3.25. The van der Waals surface area contributed by atoms with Crippen molar-refractivity contribution in [2.75, 3.05) is 5.32 Å². The van der Waals surface area contributed by atoms with Crippen LogP contribution >= 0.6 is 0 Å². The zero-order chi connectivity index (χ0) is 20.4. The zero-order valence-electron chi connectivity index (χ0n) is 16.4. The Bertz CT molecular complexity index is 1210. The summed E-state index contributed by atoms with van der Waals surface area (Å²) < 4.78 is 15.3. The van der Waals surface area contributed by atoms with Gasteiger partial charge in [0, 0.05) is 18.5 Å². The van der Waals surface area contributed by atoms with Crippen molar-refractivity contribution in [3.8, 4) is 0 Å². The molecule has 6 nitrogen and oxygen atoms in total. The summed E-state index contributed by atoms with van der Waals surface area (Å²) in [4.78, 5) is 21.7. The van der Waals surface area contributed by atoms with Crippen LogP contribution in [0.1, 0.15) is 34.9 Å². The predicted molar refractivity (Wildman–Crippen MR) is 111 cm³/mol. The molecule has 0 radical (unpaired) electrons. The van der Waals surface area contributed by atoms with Gasteiger partial charge < -0.3 is 5.32 Å². The highest BCUT2D eigenvalue weighted by Crippen LogP contribution is 2.14. The number of halogens is 1. The van der Waals surface area contributed by atoms with Crippen LogP contribution in [-0.2, 0) is 19.4 Å². The molecule has 0 amide bonds. The highest BCUT2D eigenvalue weighted by molar-refractivity contribution is 5.41. The largest absolute Gasteiger partial charge is 0.351 e. The normalized spacial score (nSPS) is 11.1. The van der Waals surface area contributed by atoms with Crippen LogP contribution in [-0.4, -0.2) is 19.6 Å². The Morgan fingerprint density at radius 3 is 2.52 bits per heavy atom. The Hall–Kier alpha value is -3.48. The Balaban J connectivity index is 1.59. The van der Waals surface area contributed by atoms with Crippen molar-refractivity contribution in [3.05, 3.63) is 92.6 Å². The van der Waals surface area contributed by atoms with E-state index in [1.165, 1.54) is 16.1 Å². The number of aryl methyl sites for hydroxylation is 2. The zero-order valence-corrected chi connectivity index (χ0v) is 16.4. The van der Waals surface area contributed by atoms with Crippen molar-refractivity contribution in [1.29, 1.82) is 0 Å². The minimum Gasteiger partial charge on any atom is -0.351 e. The molecule has 2 heterocycles. The minimum atomic E-state index is -0.336. The number of hydrogen-bond donors (Lipinski definition) is 2. The highest BCUT2D eigenvalue weighted by Gasteiger charge is 2.15. The number of aromatic nitrogens is 4. The van der Waals surface area contributed by atoms with E-state index in [9.17, 15) is 9.18 Å². The van der Waals surface area contributed by atoms with Crippen molar-refractivity contribution in [2.24, 2.45) is 0 Å². The summed E-state index contributed by atoms with van der Waals surface area (Å²) in [5.41, 5.74) is 3.57. The lowest BCUT2D eigenvalue weighted by Gasteiger charge is -2.06. The first-order valence-electron chi connectivity index (χ1n) is 9.58. The van der Waals surface area contributed by atoms with E-state index in [2.05, 4.69) is 51.6 Å². The van der Waals surface area contributed by atoms with Crippen molar-refractivity contribution < 1.29 is 4.39 Å². The Kier molecular flexibility index (Phi) is 5.12. The maximum atomic E-state index is 14.0. The fraction of sp³-hybridized carbons (Fsp3) is 0.227. The first-order valence-corrected chi connectivity index (χ1v) is 9.58. The van der Waals surface area contributed by atoms with Crippen molar-refractivity contribution in [3.63, 3.8) is 0 Å². The van der Waals surface area contributed by atoms with Crippen LogP contribution in [0.25, 0.3) is 5.78 Å². The van der Waals surface area contributed by atoms with Crippen LogP contribution in [0, 0.1) is 12.7 Å². The van der Waals surface area contributed by atoms with Gasteiger partial charge in [-0.3, -0.25) is 9.89 Å². The molecule has 4 aromatic rings. The molecule has 0 fully saturated rings. The quantitative estimate of drug-likeness (QED) is 0.526. The first kappa shape index (κ1) is 18.9. The summed E-state index contributed by atoms with van der Waals surface area (Å²) in [5, 5.41) is 6.14. The Morgan fingerprint density at radius 2 is 1.79 bits per heavy atom. The first-order chi connectivity index (χ1) is 14.0. The molecule has 0 aliphatic heterocycles. The van der Waals surface area contributed by atoms with Gasteiger partial charge in [-0.1, -0.05) is 49.4 Å². The SMILES string of the molecule is CCc1ccc(CNc2nc3nc(C)c(Cc4ccccc4F)c(=O)n3[nH]2)cc1. The number of rotatable bonds is 6. The molecule has 4 rings (SSSR count). The van der Waals surface area contributed by atoms with E-state index < -0.39 is 0 Å². The van der Waals surface area contributed by atoms with Gasteiger partial charge in [0.05, 0.1) is 5.69 Å². The molecule has 2 N–H and O–H groups in total. The smallest absolute Gasteiger partial charge is 0.277 e. The summed E-state index contributed by atoms with van der Waals surface area (Å²) in [6.45, 7) is 4.43. The molecule has 7 heteroatoms. The average Bonchev–Trinajstić information content (AvgIpc) is 3.14. The average molecular weight is 391 g/mol. The van der Waals surface area contributed by atoms with Gasteiger partial charge in [0.2, 0.25) is 5.95 Å². The number of fused-ring (bicyclic) bond motifs is 1. The van der Waals surface area contributed by atoms with Crippen molar-refractivity contribution in [2.45, 2.75) is 33.2 Å². The predicted octanol–water partition coefficient (Wildman–Crippen LogP) is 3.63. The summed E-state index contributed by atoms with van der Waals surface area (Å²) in [7, 11) is 0. The highest BCUT2D eigenvalue weighted by atomic mass is 19.1. The second-order valence-corrected chi connectivity index (χ2v) is 6.98. The van der Waals surface area contributed by atoms with Crippen LogP contribution in [0.15, 0.2) is 53.3 Å². The fourth-order valence-corrected chi connectivity index (χ4v) is 3.25. The van der Waals surface area contributed by atoms with Gasteiger partial charge in [-0.15, -0.1) is 0 Å². The number of anilines is 1. The molecular formula is C22H22FN5O. The lowest BCUT2D eigenvalue weighted by molar-refractivity contribution is 0.613. The number of H-pyrrole nitrogens is 1. The van der Waals surface area contributed by atoms with Crippen LogP contribution in [0.4, 0.5) is 10.3 Å². The van der Waals surface area contributed by atoms with Gasteiger partial charge in [-0.05, 0) is 36.1 Å². The van der Waals surface area contributed by atoms with Gasteiger partial charge in [-0.25, -0.2) is 9.37 Å².